The molecule has 0 spiro atoms. The molecule has 6 heteroatoms. The van der Waals surface area contributed by atoms with E-state index in [9.17, 15) is 4.79 Å². The lowest BCUT2D eigenvalue weighted by Crippen LogP contribution is -2.36. The number of hydrogen-bond donors (Lipinski definition) is 1. The average Bonchev–Trinajstić information content (AvgIpc) is 3.05. The summed E-state index contributed by atoms with van der Waals surface area (Å²) in [4.78, 5) is 19.0. The minimum absolute atomic E-state index is 0.0415. The van der Waals surface area contributed by atoms with Gasteiger partial charge in [-0.05, 0) is 38.5 Å². The first kappa shape index (κ1) is 17.7. The Morgan fingerprint density at radius 1 is 1.15 bits per heavy atom. The van der Waals surface area contributed by atoms with Crippen LogP contribution in [0.15, 0.2) is 59.3 Å². The van der Waals surface area contributed by atoms with Gasteiger partial charge in [-0.25, -0.2) is 4.98 Å². The summed E-state index contributed by atoms with van der Waals surface area (Å²) < 4.78 is 5.01. The van der Waals surface area contributed by atoms with Gasteiger partial charge in [0.2, 0.25) is 0 Å². The number of aryl methyl sites for hydroxylation is 1. The third kappa shape index (κ3) is 4.27. The lowest BCUT2D eigenvalue weighted by atomic mass is 10.1. The van der Waals surface area contributed by atoms with E-state index in [1.165, 1.54) is 0 Å². The first-order valence-corrected chi connectivity index (χ1v) is 8.54. The maximum atomic E-state index is 12.9. The molecule has 6 nitrogen and oxygen atoms in total. The van der Waals surface area contributed by atoms with Gasteiger partial charge in [0.1, 0.15) is 11.6 Å². The maximum Gasteiger partial charge on any atom is 0.255 e. The van der Waals surface area contributed by atoms with Gasteiger partial charge in [-0.15, -0.1) is 0 Å². The van der Waals surface area contributed by atoms with E-state index >= 15 is 0 Å². The Morgan fingerprint density at radius 2 is 1.92 bits per heavy atom. The van der Waals surface area contributed by atoms with Crippen molar-refractivity contribution in [1.82, 2.24) is 15.0 Å². The van der Waals surface area contributed by atoms with Crippen LogP contribution in [0.3, 0.4) is 0 Å². The molecule has 2 heterocycles. The van der Waals surface area contributed by atoms with E-state index in [1.54, 1.807) is 24.4 Å². The fourth-order valence-corrected chi connectivity index (χ4v) is 2.59. The molecule has 3 rings (SSSR count). The third-order valence-corrected chi connectivity index (χ3v) is 3.97. The fourth-order valence-electron chi connectivity index (χ4n) is 2.59. The standard InChI is InChI=1S/C20H22N4O2/c1-14(2)24(13-16-7-5-4-6-8-16)20(25)17-9-10-18(21-12-17)22-19-11-15(3)26-23-19/h4-12,14H,13H2,1-3H3,(H,21,22,23). The number of carbonyl (C=O) groups excluding carboxylic acids is 1. The number of pyridine rings is 1. The summed E-state index contributed by atoms with van der Waals surface area (Å²) >= 11 is 0. The molecule has 0 fully saturated rings. The zero-order valence-electron chi connectivity index (χ0n) is 15.1. The monoisotopic (exact) mass is 350 g/mol. The van der Waals surface area contributed by atoms with Crippen LogP contribution in [0.2, 0.25) is 0 Å². The number of rotatable bonds is 6. The predicted molar refractivity (Wildman–Crippen MR) is 100 cm³/mol. The molecule has 0 aliphatic rings. The fraction of sp³-hybridized carbons (Fsp3) is 0.250. The van der Waals surface area contributed by atoms with Gasteiger partial charge in [0.25, 0.3) is 5.91 Å². The number of nitrogens with zero attached hydrogens (tertiary/aromatic N) is 3. The van der Waals surface area contributed by atoms with Crippen LogP contribution in [0.5, 0.6) is 0 Å². The van der Waals surface area contributed by atoms with E-state index in [2.05, 4.69) is 15.5 Å². The molecule has 1 aromatic carbocycles. The molecule has 1 N–H and O–H groups in total. The Kier molecular flexibility index (Phi) is 5.31. The molecule has 0 saturated heterocycles. The molecule has 0 radical (unpaired) electrons. The summed E-state index contributed by atoms with van der Waals surface area (Å²) in [6.07, 6.45) is 1.58. The minimum Gasteiger partial charge on any atom is -0.360 e. The van der Waals surface area contributed by atoms with Crippen molar-refractivity contribution in [2.24, 2.45) is 0 Å². The van der Waals surface area contributed by atoms with Crippen molar-refractivity contribution in [3.63, 3.8) is 0 Å². The molecule has 0 aliphatic carbocycles. The van der Waals surface area contributed by atoms with Crippen molar-refractivity contribution < 1.29 is 9.32 Å². The highest BCUT2D eigenvalue weighted by atomic mass is 16.5. The number of aromatic nitrogens is 2. The largest absolute Gasteiger partial charge is 0.360 e. The lowest BCUT2D eigenvalue weighted by Gasteiger charge is -2.27. The van der Waals surface area contributed by atoms with Crippen molar-refractivity contribution in [2.75, 3.05) is 5.32 Å². The average molecular weight is 350 g/mol. The summed E-state index contributed by atoms with van der Waals surface area (Å²) in [5.41, 5.74) is 1.65. The van der Waals surface area contributed by atoms with Crippen molar-refractivity contribution in [3.05, 3.63) is 71.6 Å². The number of anilines is 2. The third-order valence-electron chi connectivity index (χ3n) is 3.97. The summed E-state index contributed by atoms with van der Waals surface area (Å²) in [5.74, 6) is 1.86. The van der Waals surface area contributed by atoms with E-state index in [0.29, 0.717) is 29.5 Å². The van der Waals surface area contributed by atoms with Crippen molar-refractivity contribution in [2.45, 2.75) is 33.4 Å². The number of benzene rings is 1. The molecular formula is C20H22N4O2. The second-order valence-corrected chi connectivity index (χ2v) is 6.39. The van der Waals surface area contributed by atoms with Crippen LogP contribution in [0.4, 0.5) is 11.6 Å². The molecule has 26 heavy (non-hydrogen) atoms. The lowest BCUT2D eigenvalue weighted by molar-refractivity contribution is 0.0690. The summed E-state index contributed by atoms with van der Waals surface area (Å²) in [6.45, 7) is 6.41. The SMILES string of the molecule is Cc1cc(Nc2ccc(C(=O)N(Cc3ccccc3)C(C)C)cn2)no1. The predicted octanol–water partition coefficient (Wildman–Crippen LogP) is 4.17. The number of hydrogen-bond acceptors (Lipinski definition) is 5. The van der Waals surface area contributed by atoms with Gasteiger partial charge < -0.3 is 14.7 Å². The van der Waals surface area contributed by atoms with Gasteiger partial charge in [-0.1, -0.05) is 35.5 Å². The summed E-state index contributed by atoms with van der Waals surface area (Å²) in [6, 6.07) is 15.4. The van der Waals surface area contributed by atoms with Crippen LogP contribution < -0.4 is 5.32 Å². The zero-order valence-corrected chi connectivity index (χ0v) is 15.1. The molecule has 0 atom stereocenters. The van der Waals surface area contributed by atoms with Crippen LogP contribution in [0.25, 0.3) is 0 Å². The molecule has 2 aromatic heterocycles. The van der Waals surface area contributed by atoms with Gasteiger partial charge in [-0.2, -0.15) is 0 Å². The van der Waals surface area contributed by atoms with Crippen molar-refractivity contribution >= 4 is 17.5 Å². The van der Waals surface area contributed by atoms with Gasteiger partial charge >= 0.3 is 0 Å². The Labute approximate surface area is 152 Å². The highest BCUT2D eigenvalue weighted by Crippen LogP contribution is 2.17. The number of carbonyl (C=O) groups is 1. The topological polar surface area (TPSA) is 71.3 Å². The van der Waals surface area contributed by atoms with Crippen LogP contribution in [-0.2, 0) is 6.54 Å². The second-order valence-electron chi connectivity index (χ2n) is 6.39. The quantitative estimate of drug-likeness (QED) is 0.722. The van der Waals surface area contributed by atoms with Gasteiger partial charge in [0.15, 0.2) is 5.82 Å². The number of amides is 1. The molecule has 3 aromatic rings. The first-order valence-electron chi connectivity index (χ1n) is 8.54. The van der Waals surface area contributed by atoms with Crippen molar-refractivity contribution in [1.29, 1.82) is 0 Å². The second kappa shape index (κ2) is 7.82. The Bertz CT molecular complexity index is 857. The minimum atomic E-state index is -0.0415. The maximum absolute atomic E-state index is 12.9. The van der Waals surface area contributed by atoms with E-state index in [-0.39, 0.29) is 11.9 Å². The zero-order chi connectivity index (χ0) is 18.5. The molecule has 1 amide bonds. The van der Waals surface area contributed by atoms with Gasteiger partial charge in [0, 0.05) is 24.8 Å². The molecule has 0 aliphatic heterocycles. The van der Waals surface area contributed by atoms with E-state index in [0.717, 1.165) is 5.56 Å². The highest BCUT2D eigenvalue weighted by molar-refractivity contribution is 5.94. The summed E-state index contributed by atoms with van der Waals surface area (Å²) in [7, 11) is 0. The Balaban J connectivity index is 1.72. The van der Waals surface area contributed by atoms with Crippen LogP contribution in [0.1, 0.15) is 35.5 Å². The molecule has 0 bridgehead atoms. The van der Waals surface area contributed by atoms with Gasteiger partial charge in [0.05, 0.1) is 5.56 Å². The van der Waals surface area contributed by atoms with E-state index < -0.39 is 0 Å². The van der Waals surface area contributed by atoms with E-state index in [1.807, 2.05) is 56.0 Å². The Hall–Kier alpha value is -3.15. The van der Waals surface area contributed by atoms with Gasteiger partial charge in [-0.3, -0.25) is 4.79 Å². The van der Waals surface area contributed by atoms with Crippen LogP contribution in [0, 0.1) is 6.92 Å². The van der Waals surface area contributed by atoms with Crippen molar-refractivity contribution in [3.8, 4) is 0 Å². The molecule has 0 saturated carbocycles. The first-order chi connectivity index (χ1) is 12.5. The highest BCUT2D eigenvalue weighted by Gasteiger charge is 2.19. The molecule has 0 unspecified atom stereocenters. The smallest absolute Gasteiger partial charge is 0.255 e. The van der Waals surface area contributed by atoms with Crippen LogP contribution in [-0.4, -0.2) is 27.0 Å². The molecule has 134 valence electrons. The normalized spacial score (nSPS) is 10.8. The van der Waals surface area contributed by atoms with Crippen LogP contribution >= 0.6 is 0 Å². The number of nitrogens with one attached hydrogen (secondary N) is 1. The molecular weight excluding hydrogens is 328 g/mol. The summed E-state index contributed by atoms with van der Waals surface area (Å²) in [5, 5.41) is 6.91. The Morgan fingerprint density at radius 3 is 2.50 bits per heavy atom. The van der Waals surface area contributed by atoms with E-state index in [4.69, 9.17) is 4.52 Å².